The Morgan fingerprint density at radius 1 is 1.27 bits per heavy atom. The van der Waals surface area contributed by atoms with Crippen molar-refractivity contribution in [3.63, 3.8) is 0 Å². The number of carbonyl (C=O) groups is 1. The molecule has 3 rings (SSSR count). The van der Waals surface area contributed by atoms with Crippen LogP contribution in [0.1, 0.15) is 13.3 Å². The largest absolute Gasteiger partial charge is 0.494 e. The molecule has 2 N–H and O–H groups in total. The maximum Gasteiger partial charge on any atom is 0.319 e. The molecule has 1 saturated heterocycles. The first-order valence-electron chi connectivity index (χ1n) is 8.92. The van der Waals surface area contributed by atoms with Gasteiger partial charge in [-0.3, -0.25) is 0 Å². The monoisotopic (exact) mass is 417 g/mol. The predicted octanol–water partition coefficient (Wildman–Crippen LogP) is 4.50. The van der Waals surface area contributed by atoms with E-state index in [9.17, 15) is 4.79 Å². The van der Waals surface area contributed by atoms with Gasteiger partial charge in [0.15, 0.2) is 0 Å². The minimum Gasteiger partial charge on any atom is -0.494 e. The number of carbonyl (C=O) groups excluding carboxylic acids is 1. The average Bonchev–Trinajstić information content (AvgIpc) is 3.11. The van der Waals surface area contributed by atoms with Gasteiger partial charge in [-0.05, 0) is 61.7 Å². The number of amides is 2. The van der Waals surface area contributed by atoms with Gasteiger partial charge in [0, 0.05) is 35.5 Å². The second kappa shape index (κ2) is 8.94. The van der Waals surface area contributed by atoms with Crippen LogP contribution in [0.3, 0.4) is 0 Å². The zero-order valence-corrected chi connectivity index (χ0v) is 16.5. The molecular weight excluding hydrogens is 394 g/mol. The summed E-state index contributed by atoms with van der Waals surface area (Å²) in [6.07, 6.45) is 1.08. The van der Waals surface area contributed by atoms with E-state index in [0.717, 1.165) is 35.4 Å². The van der Waals surface area contributed by atoms with Crippen LogP contribution < -0.4 is 20.3 Å². The zero-order chi connectivity index (χ0) is 18.4. The molecule has 1 aliphatic rings. The Bertz CT molecular complexity index is 736. The minimum absolute atomic E-state index is 0.171. The van der Waals surface area contributed by atoms with Gasteiger partial charge in [-0.2, -0.15) is 0 Å². The molecule has 0 aromatic heterocycles. The molecule has 26 heavy (non-hydrogen) atoms. The van der Waals surface area contributed by atoms with Crippen LogP contribution >= 0.6 is 15.9 Å². The number of nitrogens with zero attached hydrogens (tertiary/aromatic N) is 1. The molecular formula is C20H24BrN3O2. The first kappa shape index (κ1) is 18.6. The molecule has 0 aliphatic carbocycles. The lowest BCUT2D eigenvalue weighted by Crippen LogP contribution is -2.34. The highest BCUT2D eigenvalue weighted by Gasteiger charge is 2.23. The minimum atomic E-state index is -0.171. The van der Waals surface area contributed by atoms with Crippen molar-refractivity contribution in [2.24, 2.45) is 5.92 Å². The number of anilines is 2. The van der Waals surface area contributed by atoms with Gasteiger partial charge < -0.3 is 20.3 Å². The van der Waals surface area contributed by atoms with Gasteiger partial charge in [0.25, 0.3) is 0 Å². The summed E-state index contributed by atoms with van der Waals surface area (Å²) < 4.78 is 6.49. The van der Waals surface area contributed by atoms with Crippen molar-refractivity contribution in [1.29, 1.82) is 0 Å². The third-order valence-corrected chi connectivity index (χ3v) is 4.93. The van der Waals surface area contributed by atoms with Crippen molar-refractivity contribution in [3.8, 4) is 5.75 Å². The van der Waals surface area contributed by atoms with Crippen LogP contribution in [0.15, 0.2) is 53.0 Å². The summed E-state index contributed by atoms with van der Waals surface area (Å²) in [5.74, 6) is 1.26. The van der Waals surface area contributed by atoms with E-state index in [1.165, 1.54) is 5.69 Å². The molecule has 2 amide bonds. The summed E-state index contributed by atoms with van der Waals surface area (Å²) in [5, 5.41) is 5.84. The highest BCUT2D eigenvalue weighted by Crippen LogP contribution is 2.26. The van der Waals surface area contributed by atoms with Crippen LogP contribution in [0, 0.1) is 5.92 Å². The Labute approximate surface area is 162 Å². The quantitative estimate of drug-likeness (QED) is 0.727. The van der Waals surface area contributed by atoms with Gasteiger partial charge in [0.2, 0.25) is 0 Å². The molecule has 0 spiro atoms. The van der Waals surface area contributed by atoms with Crippen molar-refractivity contribution in [1.82, 2.24) is 5.32 Å². The number of ether oxygens (including phenoxy) is 1. The summed E-state index contributed by atoms with van der Waals surface area (Å²) in [5.41, 5.74) is 1.98. The Balaban J connectivity index is 1.43. The molecule has 138 valence electrons. The normalized spacial score (nSPS) is 16.4. The van der Waals surface area contributed by atoms with E-state index in [2.05, 4.69) is 49.7 Å². The highest BCUT2D eigenvalue weighted by molar-refractivity contribution is 9.10. The summed E-state index contributed by atoms with van der Waals surface area (Å²) >= 11 is 3.52. The van der Waals surface area contributed by atoms with Crippen molar-refractivity contribution in [2.45, 2.75) is 13.3 Å². The molecule has 6 heteroatoms. The standard InChI is InChI=1S/C20H24BrN3O2/c1-2-26-19-8-6-17(7-9-19)23-20(25)22-13-15-10-11-24(14-15)18-5-3-4-16(21)12-18/h3-9,12,15H,2,10-11,13-14H2,1H3,(H2,22,23,25). The number of urea groups is 1. The fourth-order valence-electron chi connectivity index (χ4n) is 3.12. The molecule has 1 atom stereocenters. The molecule has 2 aromatic carbocycles. The smallest absolute Gasteiger partial charge is 0.319 e. The van der Waals surface area contributed by atoms with Crippen LogP contribution in [0.5, 0.6) is 5.75 Å². The Morgan fingerprint density at radius 3 is 2.81 bits per heavy atom. The fraction of sp³-hybridized carbons (Fsp3) is 0.350. The van der Waals surface area contributed by atoms with Crippen LogP contribution in [0.2, 0.25) is 0 Å². The molecule has 1 aliphatic heterocycles. The third kappa shape index (κ3) is 5.14. The molecule has 1 heterocycles. The second-order valence-corrected chi connectivity index (χ2v) is 7.29. The zero-order valence-electron chi connectivity index (χ0n) is 14.9. The number of nitrogens with one attached hydrogen (secondary N) is 2. The summed E-state index contributed by atoms with van der Waals surface area (Å²) in [6.45, 7) is 5.22. The number of rotatable bonds is 6. The summed E-state index contributed by atoms with van der Waals surface area (Å²) in [4.78, 5) is 14.5. The van der Waals surface area contributed by atoms with E-state index >= 15 is 0 Å². The number of hydrogen-bond acceptors (Lipinski definition) is 3. The summed E-state index contributed by atoms with van der Waals surface area (Å²) in [7, 11) is 0. The van der Waals surface area contributed by atoms with E-state index in [1.807, 2.05) is 37.3 Å². The number of halogens is 1. The lowest BCUT2D eigenvalue weighted by molar-refractivity contribution is 0.250. The van der Waals surface area contributed by atoms with Gasteiger partial charge in [0.05, 0.1) is 6.61 Å². The molecule has 1 fully saturated rings. The van der Waals surface area contributed by atoms with Crippen LogP contribution in [-0.2, 0) is 0 Å². The van der Waals surface area contributed by atoms with Crippen molar-refractivity contribution >= 4 is 33.3 Å². The van der Waals surface area contributed by atoms with Crippen LogP contribution in [0.4, 0.5) is 16.2 Å². The molecule has 0 radical (unpaired) electrons. The van der Waals surface area contributed by atoms with E-state index in [-0.39, 0.29) is 6.03 Å². The SMILES string of the molecule is CCOc1ccc(NC(=O)NCC2CCN(c3cccc(Br)c3)C2)cc1. The number of hydrogen-bond donors (Lipinski definition) is 2. The van der Waals surface area contributed by atoms with Gasteiger partial charge in [0.1, 0.15) is 5.75 Å². The van der Waals surface area contributed by atoms with E-state index in [1.54, 1.807) is 0 Å². The Kier molecular flexibility index (Phi) is 6.39. The van der Waals surface area contributed by atoms with E-state index in [0.29, 0.717) is 19.1 Å². The average molecular weight is 418 g/mol. The van der Waals surface area contributed by atoms with Crippen molar-refractivity contribution < 1.29 is 9.53 Å². The number of benzene rings is 2. The Morgan fingerprint density at radius 2 is 2.08 bits per heavy atom. The van der Waals surface area contributed by atoms with Crippen molar-refractivity contribution in [3.05, 3.63) is 53.0 Å². The van der Waals surface area contributed by atoms with Gasteiger partial charge in [-0.25, -0.2) is 4.79 Å². The second-order valence-electron chi connectivity index (χ2n) is 6.37. The van der Waals surface area contributed by atoms with Gasteiger partial charge in [-0.15, -0.1) is 0 Å². The maximum absolute atomic E-state index is 12.1. The first-order valence-corrected chi connectivity index (χ1v) is 9.71. The van der Waals surface area contributed by atoms with Crippen molar-refractivity contribution in [2.75, 3.05) is 36.5 Å². The lowest BCUT2D eigenvalue weighted by atomic mass is 10.1. The maximum atomic E-state index is 12.1. The first-order chi connectivity index (χ1) is 12.6. The lowest BCUT2D eigenvalue weighted by Gasteiger charge is -2.19. The highest BCUT2D eigenvalue weighted by atomic mass is 79.9. The summed E-state index contributed by atoms with van der Waals surface area (Å²) in [6, 6.07) is 15.6. The third-order valence-electron chi connectivity index (χ3n) is 4.43. The molecule has 5 nitrogen and oxygen atoms in total. The fourth-order valence-corrected chi connectivity index (χ4v) is 3.51. The van der Waals surface area contributed by atoms with Gasteiger partial charge in [-0.1, -0.05) is 22.0 Å². The molecule has 0 bridgehead atoms. The van der Waals surface area contributed by atoms with Crippen LogP contribution in [-0.4, -0.2) is 32.3 Å². The molecule has 1 unspecified atom stereocenters. The predicted molar refractivity (Wildman–Crippen MR) is 109 cm³/mol. The van der Waals surface area contributed by atoms with Crippen LogP contribution in [0.25, 0.3) is 0 Å². The topological polar surface area (TPSA) is 53.6 Å². The van der Waals surface area contributed by atoms with E-state index < -0.39 is 0 Å². The molecule has 0 saturated carbocycles. The Hall–Kier alpha value is -2.21. The van der Waals surface area contributed by atoms with Gasteiger partial charge >= 0.3 is 6.03 Å². The van der Waals surface area contributed by atoms with E-state index in [4.69, 9.17) is 4.74 Å². The molecule has 2 aromatic rings.